The number of ketones is 1. The highest BCUT2D eigenvalue weighted by molar-refractivity contribution is 5.81. The fraction of sp³-hybridized carbons (Fsp3) is 0.591. The zero-order valence-electron chi connectivity index (χ0n) is 16.1. The summed E-state index contributed by atoms with van der Waals surface area (Å²) < 4.78 is 5.04. The van der Waals surface area contributed by atoms with E-state index in [4.69, 9.17) is 4.74 Å². The van der Waals surface area contributed by atoms with E-state index in [1.807, 2.05) is 35.2 Å². The Balaban J connectivity index is 1.59. The maximum absolute atomic E-state index is 12.4. The number of ether oxygens (including phenoxy) is 1. The summed E-state index contributed by atoms with van der Waals surface area (Å²) in [5.74, 6) is 0.557. The van der Waals surface area contributed by atoms with Gasteiger partial charge < -0.3 is 9.64 Å². The van der Waals surface area contributed by atoms with Crippen LogP contribution in [0.2, 0.25) is 0 Å². The van der Waals surface area contributed by atoms with Crippen LogP contribution < -0.4 is 0 Å². The molecule has 0 bridgehead atoms. The zero-order valence-corrected chi connectivity index (χ0v) is 16.1. The molecule has 27 heavy (non-hydrogen) atoms. The molecule has 0 N–H and O–H groups in total. The minimum atomic E-state index is -0.210. The average molecular weight is 371 g/mol. The van der Waals surface area contributed by atoms with Crippen molar-refractivity contribution in [2.24, 2.45) is 11.8 Å². The van der Waals surface area contributed by atoms with E-state index in [0.29, 0.717) is 38.8 Å². The Bertz CT molecular complexity index is 672. The minimum absolute atomic E-state index is 0.0787. The summed E-state index contributed by atoms with van der Waals surface area (Å²) >= 11 is 0. The second kappa shape index (κ2) is 9.16. The minimum Gasteiger partial charge on any atom is -0.466 e. The molecule has 1 aromatic carbocycles. The molecule has 0 unspecified atom stereocenters. The first-order chi connectivity index (χ1) is 13.0. The zero-order chi connectivity index (χ0) is 19.2. The number of likely N-dealkylation sites (tertiary alicyclic amines) is 1. The molecule has 3 atom stereocenters. The average Bonchev–Trinajstić information content (AvgIpc) is 2.95. The molecule has 5 heteroatoms. The smallest absolute Gasteiger partial charge is 0.306 e. The molecule has 1 aromatic rings. The van der Waals surface area contributed by atoms with Crippen molar-refractivity contribution in [2.45, 2.75) is 64.5 Å². The summed E-state index contributed by atoms with van der Waals surface area (Å²) in [4.78, 5) is 38.3. The van der Waals surface area contributed by atoms with Gasteiger partial charge in [-0.15, -0.1) is 0 Å². The number of esters is 1. The summed E-state index contributed by atoms with van der Waals surface area (Å²) in [5, 5.41) is 0. The van der Waals surface area contributed by atoms with Crippen molar-refractivity contribution in [2.75, 3.05) is 6.61 Å². The molecular formula is C22H29NO4. The predicted octanol–water partition coefficient (Wildman–Crippen LogP) is 3.51. The molecule has 0 spiro atoms. The summed E-state index contributed by atoms with van der Waals surface area (Å²) in [6.45, 7) is 2.81. The number of Topliss-reactive ketones (excluding diaryl/α,β-unsaturated/α-hetero) is 1. The van der Waals surface area contributed by atoms with Crippen molar-refractivity contribution in [3.05, 3.63) is 35.9 Å². The van der Waals surface area contributed by atoms with Crippen LogP contribution in [0.4, 0.5) is 0 Å². The van der Waals surface area contributed by atoms with Crippen LogP contribution >= 0.6 is 0 Å². The van der Waals surface area contributed by atoms with E-state index < -0.39 is 0 Å². The Labute approximate surface area is 161 Å². The molecule has 146 valence electrons. The number of rotatable bonds is 7. The van der Waals surface area contributed by atoms with Crippen molar-refractivity contribution in [1.82, 2.24) is 4.90 Å². The predicted molar refractivity (Wildman–Crippen MR) is 102 cm³/mol. The summed E-state index contributed by atoms with van der Waals surface area (Å²) in [5.41, 5.74) is 1.14. The molecule has 0 radical (unpaired) electrons. The summed E-state index contributed by atoms with van der Waals surface area (Å²) in [6.07, 6.45) is 4.55. The number of amides is 1. The van der Waals surface area contributed by atoms with Gasteiger partial charge in [-0.05, 0) is 43.6 Å². The molecule has 5 nitrogen and oxygen atoms in total. The van der Waals surface area contributed by atoms with E-state index in [2.05, 4.69) is 0 Å². The van der Waals surface area contributed by atoms with Crippen LogP contribution in [-0.2, 0) is 25.7 Å². The number of carbonyl (C=O) groups is 3. The van der Waals surface area contributed by atoms with Gasteiger partial charge in [0.1, 0.15) is 5.78 Å². The molecule has 1 saturated carbocycles. The lowest BCUT2D eigenvalue weighted by Gasteiger charge is -2.32. The highest BCUT2D eigenvalue weighted by Gasteiger charge is 2.36. The third-order valence-electron chi connectivity index (χ3n) is 5.71. The Kier molecular flexibility index (Phi) is 6.64. The molecule has 2 fully saturated rings. The monoisotopic (exact) mass is 371 g/mol. The van der Waals surface area contributed by atoms with E-state index in [0.717, 1.165) is 24.8 Å². The normalized spacial score (nSPS) is 25.7. The quantitative estimate of drug-likeness (QED) is 0.688. The second-order valence-corrected chi connectivity index (χ2v) is 7.86. The highest BCUT2D eigenvalue weighted by Crippen LogP contribution is 2.35. The fourth-order valence-corrected chi connectivity index (χ4v) is 4.58. The van der Waals surface area contributed by atoms with E-state index in [9.17, 15) is 14.4 Å². The summed E-state index contributed by atoms with van der Waals surface area (Å²) in [7, 11) is 0. The van der Waals surface area contributed by atoms with Crippen molar-refractivity contribution in [3.8, 4) is 0 Å². The molecule has 1 amide bonds. The van der Waals surface area contributed by atoms with Crippen LogP contribution in [-0.4, -0.2) is 35.2 Å². The highest BCUT2D eigenvalue weighted by atomic mass is 16.5. The van der Waals surface area contributed by atoms with Gasteiger partial charge in [-0.25, -0.2) is 0 Å². The van der Waals surface area contributed by atoms with Crippen molar-refractivity contribution in [1.29, 1.82) is 0 Å². The Morgan fingerprint density at radius 3 is 2.63 bits per heavy atom. The molecule has 1 heterocycles. The van der Waals surface area contributed by atoms with Gasteiger partial charge in [-0.2, -0.15) is 0 Å². The van der Waals surface area contributed by atoms with E-state index in [1.165, 1.54) is 0 Å². The van der Waals surface area contributed by atoms with E-state index in [-0.39, 0.29) is 35.5 Å². The van der Waals surface area contributed by atoms with Crippen LogP contribution in [0.3, 0.4) is 0 Å². The molecule has 3 rings (SSSR count). The lowest BCUT2D eigenvalue weighted by Crippen LogP contribution is -2.35. The van der Waals surface area contributed by atoms with Crippen molar-refractivity contribution >= 4 is 17.7 Å². The standard InChI is InChI=1S/C22H29NO4/c1-2-27-22(26)14-18-10-17(12-20(24)13-18)11-19-8-9-21(25)23(19)15-16-6-4-3-5-7-16/h3-7,17-19H,2,8-15H2,1H3/t17-,18-,19-/m0/s1. The van der Waals surface area contributed by atoms with Crippen molar-refractivity contribution < 1.29 is 19.1 Å². The maximum atomic E-state index is 12.4. The van der Waals surface area contributed by atoms with Crippen LogP contribution in [0.25, 0.3) is 0 Å². The molecule has 1 aliphatic carbocycles. The lowest BCUT2D eigenvalue weighted by atomic mass is 9.76. The van der Waals surface area contributed by atoms with Gasteiger partial charge in [0.05, 0.1) is 6.61 Å². The number of hydrogen-bond donors (Lipinski definition) is 0. The Morgan fingerprint density at radius 1 is 1.15 bits per heavy atom. The number of hydrogen-bond acceptors (Lipinski definition) is 4. The Hall–Kier alpha value is -2.17. The van der Waals surface area contributed by atoms with Gasteiger partial charge in [0, 0.05) is 38.3 Å². The largest absolute Gasteiger partial charge is 0.466 e. The van der Waals surface area contributed by atoms with Crippen molar-refractivity contribution in [3.63, 3.8) is 0 Å². The first-order valence-electron chi connectivity index (χ1n) is 10.1. The van der Waals surface area contributed by atoms with Gasteiger partial charge in [-0.1, -0.05) is 30.3 Å². The number of nitrogens with zero attached hydrogens (tertiary/aromatic N) is 1. The lowest BCUT2D eigenvalue weighted by molar-refractivity contribution is -0.144. The molecule has 1 saturated heterocycles. The molecule has 2 aliphatic rings. The van der Waals surface area contributed by atoms with Crippen LogP contribution in [0.5, 0.6) is 0 Å². The van der Waals surface area contributed by atoms with E-state index >= 15 is 0 Å². The third kappa shape index (κ3) is 5.41. The van der Waals surface area contributed by atoms with Gasteiger partial charge in [-0.3, -0.25) is 14.4 Å². The molecule has 0 aromatic heterocycles. The first-order valence-corrected chi connectivity index (χ1v) is 10.1. The van der Waals surface area contributed by atoms with Crippen LogP contribution in [0.15, 0.2) is 30.3 Å². The topological polar surface area (TPSA) is 63.7 Å². The summed E-state index contributed by atoms with van der Waals surface area (Å²) in [6, 6.07) is 10.2. The van der Waals surface area contributed by atoms with Crippen LogP contribution in [0.1, 0.15) is 57.4 Å². The SMILES string of the molecule is CCOC(=O)C[C@@H]1CC(=O)C[C@H](C[C@@H]2CCC(=O)N2Cc2ccccc2)C1. The number of carbonyl (C=O) groups excluding carboxylic acids is 3. The molecule has 1 aliphatic heterocycles. The van der Waals surface area contributed by atoms with Gasteiger partial charge in [0.25, 0.3) is 0 Å². The van der Waals surface area contributed by atoms with Gasteiger partial charge in [0.15, 0.2) is 0 Å². The number of benzene rings is 1. The van der Waals surface area contributed by atoms with Gasteiger partial charge in [0.2, 0.25) is 5.91 Å². The second-order valence-electron chi connectivity index (χ2n) is 7.86. The van der Waals surface area contributed by atoms with E-state index in [1.54, 1.807) is 6.92 Å². The third-order valence-corrected chi connectivity index (χ3v) is 5.71. The Morgan fingerprint density at radius 2 is 1.89 bits per heavy atom. The molecular weight excluding hydrogens is 342 g/mol. The maximum Gasteiger partial charge on any atom is 0.306 e. The van der Waals surface area contributed by atoms with Crippen LogP contribution in [0, 0.1) is 11.8 Å². The first kappa shape index (κ1) is 19.6. The van der Waals surface area contributed by atoms with Gasteiger partial charge >= 0.3 is 5.97 Å². The fourth-order valence-electron chi connectivity index (χ4n) is 4.58.